The van der Waals surface area contributed by atoms with Gasteiger partial charge in [0.15, 0.2) is 5.13 Å². The van der Waals surface area contributed by atoms with Crippen LogP contribution in [0.15, 0.2) is 23.7 Å². The van der Waals surface area contributed by atoms with Crippen molar-refractivity contribution in [2.24, 2.45) is 17.8 Å². The van der Waals surface area contributed by atoms with Crippen molar-refractivity contribution in [1.82, 2.24) is 9.88 Å². The lowest BCUT2D eigenvalue weighted by Crippen LogP contribution is -2.50. The van der Waals surface area contributed by atoms with Crippen LogP contribution in [0.3, 0.4) is 0 Å². The van der Waals surface area contributed by atoms with Crippen LogP contribution in [-0.4, -0.2) is 42.0 Å². The van der Waals surface area contributed by atoms with Crippen LogP contribution in [0.4, 0.5) is 5.13 Å². The molecule has 1 saturated carbocycles. The molecule has 5 heteroatoms. The number of fused-ring (bicyclic) bond motifs is 2. The topological polar surface area (TPSA) is 36.4 Å². The van der Waals surface area contributed by atoms with E-state index in [1.807, 2.05) is 11.6 Å². The Hall–Kier alpha value is -1.36. The molecule has 0 radical (unpaired) electrons. The third kappa shape index (κ3) is 2.04. The van der Waals surface area contributed by atoms with Gasteiger partial charge in [-0.25, -0.2) is 4.98 Å². The van der Waals surface area contributed by atoms with E-state index < -0.39 is 0 Å². The molecule has 2 heterocycles. The normalized spacial score (nSPS) is 32.1. The molecule has 1 aromatic rings. The van der Waals surface area contributed by atoms with Crippen LogP contribution in [0.25, 0.3) is 0 Å². The third-order valence-electron chi connectivity index (χ3n) is 4.88. The van der Waals surface area contributed by atoms with Gasteiger partial charge in [0.05, 0.1) is 0 Å². The Labute approximate surface area is 123 Å². The van der Waals surface area contributed by atoms with Crippen molar-refractivity contribution in [3.05, 3.63) is 23.7 Å². The first-order valence-corrected chi connectivity index (χ1v) is 8.31. The van der Waals surface area contributed by atoms with Crippen LogP contribution >= 0.6 is 11.3 Å². The second kappa shape index (κ2) is 4.88. The zero-order chi connectivity index (χ0) is 13.5. The van der Waals surface area contributed by atoms with E-state index in [4.69, 9.17) is 0 Å². The average Bonchev–Trinajstić information content (AvgIpc) is 3.23. The van der Waals surface area contributed by atoms with Gasteiger partial charge < -0.3 is 9.80 Å². The molecule has 20 heavy (non-hydrogen) atoms. The summed E-state index contributed by atoms with van der Waals surface area (Å²) in [5.74, 6) is 1.84. The summed E-state index contributed by atoms with van der Waals surface area (Å²) in [5, 5.41) is 3.09. The first-order chi connectivity index (χ1) is 9.81. The standard InChI is InChI=1S/C15H19N3OS/c19-14(13-10-11-1-2-12(13)9-11)17-4-6-18(7-5-17)15-16-3-8-20-15/h1-3,8,11-13H,4-7,9-10H2/t11-,12-,13-/m0/s1. The maximum atomic E-state index is 12.6. The number of thiazole rings is 1. The molecule has 0 spiro atoms. The first kappa shape index (κ1) is 12.4. The fourth-order valence-corrected chi connectivity index (χ4v) is 4.49. The zero-order valence-electron chi connectivity index (χ0n) is 11.4. The van der Waals surface area contributed by atoms with E-state index in [0.717, 1.165) is 37.7 Å². The molecule has 3 aliphatic rings. The highest BCUT2D eigenvalue weighted by Gasteiger charge is 2.41. The number of nitrogens with zero attached hydrogens (tertiary/aromatic N) is 3. The van der Waals surface area contributed by atoms with E-state index in [0.29, 0.717) is 17.7 Å². The summed E-state index contributed by atoms with van der Waals surface area (Å²) in [7, 11) is 0. The molecule has 106 valence electrons. The molecule has 0 N–H and O–H groups in total. The summed E-state index contributed by atoms with van der Waals surface area (Å²) >= 11 is 1.68. The van der Waals surface area contributed by atoms with E-state index in [-0.39, 0.29) is 5.92 Å². The maximum absolute atomic E-state index is 12.6. The summed E-state index contributed by atoms with van der Waals surface area (Å²) in [6.45, 7) is 3.51. The van der Waals surface area contributed by atoms with Crippen molar-refractivity contribution in [1.29, 1.82) is 0 Å². The average molecular weight is 289 g/mol. The quantitative estimate of drug-likeness (QED) is 0.781. The Bertz CT molecular complexity index is 519. The molecule has 1 aliphatic heterocycles. The Kier molecular flexibility index (Phi) is 3.02. The fourth-order valence-electron chi connectivity index (χ4n) is 3.79. The molecule has 1 saturated heterocycles. The molecule has 1 amide bonds. The lowest BCUT2D eigenvalue weighted by molar-refractivity contribution is -0.136. The van der Waals surface area contributed by atoms with Gasteiger partial charge in [0.1, 0.15) is 0 Å². The number of piperazine rings is 1. The number of hydrogen-bond donors (Lipinski definition) is 0. The number of amides is 1. The van der Waals surface area contributed by atoms with Crippen molar-refractivity contribution < 1.29 is 4.79 Å². The van der Waals surface area contributed by atoms with Crippen molar-refractivity contribution in [3.63, 3.8) is 0 Å². The zero-order valence-corrected chi connectivity index (χ0v) is 12.3. The highest BCUT2D eigenvalue weighted by Crippen LogP contribution is 2.44. The van der Waals surface area contributed by atoms with Crippen molar-refractivity contribution >= 4 is 22.4 Å². The smallest absolute Gasteiger partial charge is 0.226 e. The van der Waals surface area contributed by atoms with Gasteiger partial charge in [-0.15, -0.1) is 11.3 Å². The predicted molar refractivity (Wildman–Crippen MR) is 79.8 cm³/mol. The van der Waals surface area contributed by atoms with Crippen molar-refractivity contribution in [2.45, 2.75) is 12.8 Å². The van der Waals surface area contributed by atoms with E-state index in [9.17, 15) is 4.79 Å². The molecule has 4 nitrogen and oxygen atoms in total. The van der Waals surface area contributed by atoms with Crippen LogP contribution in [0.1, 0.15) is 12.8 Å². The van der Waals surface area contributed by atoms with Crippen LogP contribution in [0.5, 0.6) is 0 Å². The molecule has 1 aromatic heterocycles. The van der Waals surface area contributed by atoms with Crippen molar-refractivity contribution in [3.8, 4) is 0 Å². The fraction of sp³-hybridized carbons (Fsp3) is 0.600. The first-order valence-electron chi connectivity index (χ1n) is 7.43. The van der Waals surface area contributed by atoms with Gasteiger partial charge in [0.25, 0.3) is 0 Å². The Balaban J connectivity index is 1.37. The molecule has 2 fully saturated rings. The lowest BCUT2D eigenvalue weighted by atomic mass is 9.92. The van der Waals surface area contributed by atoms with E-state index in [1.165, 1.54) is 6.42 Å². The summed E-state index contributed by atoms with van der Waals surface area (Å²) < 4.78 is 0. The largest absolute Gasteiger partial charge is 0.345 e. The number of aromatic nitrogens is 1. The number of anilines is 1. The van der Waals surface area contributed by atoms with Crippen LogP contribution in [0.2, 0.25) is 0 Å². The van der Waals surface area contributed by atoms with E-state index >= 15 is 0 Å². The number of carbonyl (C=O) groups excluding carboxylic acids is 1. The lowest BCUT2D eigenvalue weighted by Gasteiger charge is -2.36. The molecule has 0 unspecified atom stereocenters. The van der Waals surface area contributed by atoms with Gasteiger partial charge in [-0.3, -0.25) is 4.79 Å². The maximum Gasteiger partial charge on any atom is 0.226 e. The van der Waals surface area contributed by atoms with Gasteiger partial charge in [-0.05, 0) is 24.7 Å². The SMILES string of the molecule is O=C([C@H]1C[C@H]2C=C[C@H]1C2)N1CCN(c2nccs2)CC1. The van der Waals surface area contributed by atoms with Gasteiger partial charge in [-0.2, -0.15) is 0 Å². The molecule has 2 aliphatic carbocycles. The molecule has 4 rings (SSSR count). The van der Waals surface area contributed by atoms with Gasteiger partial charge >= 0.3 is 0 Å². The summed E-state index contributed by atoms with van der Waals surface area (Å²) in [4.78, 5) is 21.4. The van der Waals surface area contributed by atoms with Gasteiger partial charge in [0.2, 0.25) is 5.91 Å². The summed E-state index contributed by atoms with van der Waals surface area (Å²) in [6, 6.07) is 0. The number of rotatable bonds is 2. The monoisotopic (exact) mass is 289 g/mol. The second-order valence-electron chi connectivity index (χ2n) is 6.01. The molecule has 0 aromatic carbocycles. The number of hydrogen-bond acceptors (Lipinski definition) is 4. The minimum atomic E-state index is 0.261. The number of allylic oxidation sites excluding steroid dienone is 2. The predicted octanol–water partition coefficient (Wildman–Crippen LogP) is 2.00. The van der Waals surface area contributed by atoms with Crippen LogP contribution in [-0.2, 0) is 4.79 Å². The van der Waals surface area contributed by atoms with Crippen LogP contribution < -0.4 is 4.90 Å². The van der Waals surface area contributed by atoms with Gasteiger partial charge in [-0.1, -0.05) is 12.2 Å². The Morgan fingerprint density at radius 2 is 2.05 bits per heavy atom. The third-order valence-corrected chi connectivity index (χ3v) is 5.71. The second-order valence-corrected chi connectivity index (χ2v) is 6.89. The van der Waals surface area contributed by atoms with E-state index in [2.05, 4.69) is 26.9 Å². The molecular weight excluding hydrogens is 270 g/mol. The van der Waals surface area contributed by atoms with Gasteiger partial charge in [0, 0.05) is 43.7 Å². The Morgan fingerprint density at radius 3 is 2.65 bits per heavy atom. The summed E-state index contributed by atoms with van der Waals surface area (Å²) in [6.07, 6.45) is 8.69. The minimum absolute atomic E-state index is 0.261. The number of carbonyl (C=O) groups is 1. The highest BCUT2D eigenvalue weighted by molar-refractivity contribution is 7.13. The van der Waals surface area contributed by atoms with Crippen molar-refractivity contribution in [2.75, 3.05) is 31.1 Å². The van der Waals surface area contributed by atoms with E-state index in [1.54, 1.807) is 11.3 Å². The van der Waals surface area contributed by atoms with Crippen LogP contribution in [0, 0.1) is 17.8 Å². The molecule has 3 atom stereocenters. The Morgan fingerprint density at radius 1 is 1.20 bits per heavy atom. The molecule has 2 bridgehead atoms. The summed E-state index contributed by atoms with van der Waals surface area (Å²) in [5.41, 5.74) is 0. The molecular formula is C15H19N3OS. The highest BCUT2D eigenvalue weighted by atomic mass is 32.1. The minimum Gasteiger partial charge on any atom is -0.345 e.